The molecular formula is C9H8F3NO3. The van der Waals surface area contributed by atoms with Gasteiger partial charge in [-0.15, -0.1) is 13.2 Å². The summed E-state index contributed by atoms with van der Waals surface area (Å²) in [4.78, 5) is 9.78. The number of nitro benzene ring substituents is 1. The van der Waals surface area contributed by atoms with Gasteiger partial charge in [0.15, 0.2) is 0 Å². The van der Waals surface area contributed by atoms with Crippen LogP contribution >= 0.6 is 0 Å². The van der Waals surface area contributed by atoms with Crippen LogP contribution in [0.2, 0.25) is 0 Å². The van der Waals surface area contributed by atoms with Crippen molar-refractivity contribution in [3.05, 3.63) is 33.4 Å². The molecule has 7 heteroatoms. The van der Waals surface area contributed by atoms with Gasteiger partial charge in [-0.05, 0) is 25.0 Å². The van der Waals surface area contributed by atoms with Crippen LogP contribution in [-0.2, 0) is 0 Å². The fourth-order valence-electron chi connectivity index (χ4n) is 1.31. The first-order valence-corrected chi connectivity index (χ1v) is 4.22. The highest BCUT2D eigenvalue weighted by atomic mass is 19.4. The van der Waals surface area contributed by atoms with E-state index in [0.29, 0.717) is 0 Å². The molecule has 1 aromatic carbocycles. The number of non-ortho nitro benzene ring substituents is 1. The highest BCUT2D eigenvalue weighted by Crippen LogP contribution is 2.32. The lowest BCUT2D eigenvalue weighted by Crippen LogP contribution is -2.18. The summed E-state index contributed by atoms with van der Waals surface area (Å²) in [5.74, 6) is -0.391. The first-order valence-electron chi connectivity index (χ1n) is 4.22. The van der Waals surface area contributed by atoms with Gasteiger partial charge in [0.1, 0.15) is 5.75 Å². The number of hydrogen-bond acceptors (Lipinski definition) is 3. The zero-order chi connectivity index (χ0) is 12.5. The number of benzene rings is 1. The van der Waals surface area contributed by atoms with E-state index in [9.17, 15) is 23.3 Å². The van der Waals surface area contributed by atoms with Crippen molar-refractivity contribution in [2.45, 2.75) is 20.2 Å². The molecule has 0 aliphatic heterocycles. The Labute approximate surface area is 88.8 Å². The molecule has 0 spiro atoms. The molecular weight excluding hydrogens is 227 g/mol. The van der Waals surface area contributed by atoms with Gasteiger partial charge in [0.05, 0.1) is 4.92 Å². The van der Waals surface area contributed by atoms with E-state index in [1.54, 1.807) is 0 Å². The second-order valence-corrected chi connectivity index (χ2v) is 3.21. The van der Waals surface area contributed by atoms with Crippen LogP contribution in [0.4, 0.5) is 18.9 Å². The Morgan fingerprint density at radius 2 is 1.69 bits per heavy atom. The van der Waals surface area contributed by atoms with Crippen molar-refractivity contribution in [1.29, 1.82) is 0 Å². The molecule has 16 heavy (non-hydrogen) atoms. The summed E-state index contributed by atoms with van der Waals surface area (Å²) >= 11 is 0. The normalized spacial score (nSPS) is 11.3. The molecule has 4 nitrogen and oxygen atoms in total. The molecule has 1 rings (SSSR count). The van der Waals surface area contributed by atoms with Crippen LogP contribution in [0.25, 0.3) is 0 Å². The van der Waals surface area contributed by atoms with Crippen LogP contribution in [0.5, 0.6) is 5.75 Å². The third kappa shape index (κ3) is 2.85. The predicted molar refractivity (Wildman–Crippen MR) is 49.3 cm³/mol. The quantitative estimate of drug-likeness (QED) is 0.584. The molecule has 0 fully saturated rings. The minimum absolute atomic E-state index is 0.0732. The second kappa shape index (κ2) is 3.99. The van der Waals surface area contributed by atoms with E-state index in [1.165, 1.54) is 13.8 Å². The number of ether oxygens (including phenoxy) is 1. The van der Waals surface area contributed by atoms with E-state index < -0.39 is 17.0 Å². The van der Waals surface area contributed by atoms with Crippen LogP contribution in [-0.4, -0.2) is 11.3 Å². The molecule has 0 heterocycles. The van der Waals surface area contributed by atoms with Gasteiger partial charge in [-0.3, -0.25) is 10.1 Å². The van der Waals surface area contributed by atoms with Crippen molar-refractivity contribution in [3.63, 3.8) is 0 Å². The van der Waals surface area contributed by atoms with Gasteiger partial charge in [-0.1, -0.05) is 0 Å². The molecule has 0 N–H and O–H groups in total. The van der Waals surface area contributed by atoms with Crippen molar-refractivity contribution in [1.82, 2.24) is 0 Å². The van der Waals surface area contributed by atoms with Crippen LogP contribution in [0.1, 0.15) is 11.1 Å². The smallest absolute Gasteiger partial charge is 0.405 e. The SMILES string of the molecule is Cc1cc([N+](=O)[O-])cc(C)c1OC(F)(F)F. The summed E-state index contributed by atoms with van der Waals surface area (Å²) in [6.45, 7) is 2.64. The molecule has 1 aromatic rings. The number of nitro groups is 1. The first kappa shape index (κ1) is 12.3. The third-order valence-electron chi connectivity index (χ3n) is 1.87. The Kier molecular flexibility index (Phi) is 3.06. The number of halogens is 3. The van der Waals surface area contributed by atoms with Crippen molar-refractivity contribution >= 4 is 5.69 Å². The predicted octanol–water partition coefficient (Wildman–Crippen LogP) is 3.11. The number of alkyl halides is 3. The maximum atomic E-state index is 12.0. The molecule has 0 saturated carbocycles. The fourth-order valence-corrected chi connectivity index (χ4v) is 1.31. The molecule has 0 atom stereocenters. The minimum atomic E-state index is -4.80. The van der Waals surface area contributed by atoms with Crippen LogP contribution < -0.4 is 4.74 Å². The summed E-state index contributed by atoms with van der Waals surface area (Å²) in [7, 11) is 0. The zero-order valence-corrected chi connectivity index (χ0v) is 8.46. The topological polar surface area (TPSA) is 52.4 Å². The van der Waals surface area contributed by atoms with Crippen molar-refractivity contribution in [3.8, 4) is 5.75 Å². The van der Waals surface area contributed by atoms with E-state index in [-0.39, 0.29) is 16.8 Å². The minimum Gasteiger partial charge on any atom is -0.405 e. The average molecular weight is 235 g/mol. The van der Waals surface area contributed by atoms with E-state index in [4.69, 9.17) is 0 Å². The van der Waals surface area contributed by atoms with Gasteiger partial charge in [0, 0.05) is 12.1 Å². The van der Waals surface area contributed by atoms with Crippen LogP contribution in [0.15, 0.2) is 12.1 Å². The van der Waals surface area contributed by atoms with Crippen molar-refractivity contribution in [2.24, 2.45) is 0 Å². The molecule has 0 bridgehead atoms. The molecule has 0 radical (unpaired) electrons. The molecule has 0 unspecified atom stereocenters. The fraction of sp³-hybridized carbons (Fsp3) is 0.333. The highest BCUT2D eigenvalue weighted by molar-refractivity contribution is 5.48. The molecule has 0 aromatic heterocycles. The number of hydrogen-bond donors (Lipinski definition) is 0. The Hall–Kier alpha value is -1.79. The lowest BCUT2D eigenvalue weighted by atomic mass is 10.1. The maximum Gasteiger partial charge on any atom is 0.573 e. The van der Waals surface area contributed by atoms with Crippen LogP contribution in [0, 0.1) is 24.0 Å². The summed E-state index contributed by atoms with van der Waals surface area (Å²) in [5, 5.41) is 10.4. The van der Waals surface area contributed by atoms with Crippen molar-refractivity contribution in [2.75, 3.05) is 0 Å². The van der Waals surface area contributed by atoms with E-state index in [2.05, 4.69) is 4.74 Å². The van der Waals surface area contributed by atoms with E-state index in [0.717, 1.165) is 12.1 Å². The maximum absolute atomic E-state index is 12.0. The Morgan fingerprint density at radius 3 is 2.00 bits per heavy atom. The highest BCUT2D eigenvalue weighted by Gasteiger charge is 2.32. The van der Waals surface area contributed by atoms with E-state index >= 15 is 0 Å². The summed E-state index contributed by atoms with van der Waals surface area (Å²) in [6, 6.07) is 2.07. The largest absolute Gasteiger partial charge is 0.573 e. The second-order valence-electron chi connectivity index (χ2n) is 3.21. The lowest BCUT2D eigenvalue weighted by Gasteiger charge is -2.13. The average Bonchev–Trinajstić information content (AvgIpc) is 2.09. The number of nitrogens with zero attached hydrogens (tertiary/aromatic N) is 1. The molecule has 0 aliphatic rings. The van der Waals surface area contributed by atoms with E-state index in [1.807, 2.05) is 0 Å². The molecule has 88 valence electrons. The van der Waals surface area contributed by atoms with Gasteiger partial charge in [0.2, 0.25) is 0 Å². The first-order chi connectivity index (χ1) is 7.20. The Morgan fingerprint density at radius 1 is 1.25 bits per heavy atom. The molecule has 0 amide bonds. The molecule has 0 saturated heterocycles. The summed E-state index contributed by atoms with van der Waals surface area (Å²) in [5.41, 5.74) is -0.113. The Balaban J connectivity index is 3.18. The monoisotopic (exact) mass is 235 g/mol. The summed E-state index contributed by atoms with van der Waals surface area (Å²) in [6.07, 6.45) is -4.80. The van der Waals surface area contributed by atoms with Gasteiger partial charge in [-0.25, -0.2) is 0 Å². The summed E-state index contributed by atoms with van der Waals surface area (Å²) < 4.78 is 39.8. The number of aryl methyl sites for hydroxylation is 2. The van der Waals surface area contributed by atoms with Crippen LogP contribution in [0.3, 0.4) is 0 Å². The van der Waals surface area contributed by atoms with Gasteiger partial charge < -0.3 is 4.74 Å². The van der Waals surface area contributed by atoms with Gasteiger partial charge in [0.25, 0.3) is 5.69 Å². The Bertz CT molecular complexity index is 405. The standard InChI is InChI=1S/C9H8F3NO3/c1-5-3-7(13(14)15)4-6(2)8(5)16-9(10,11)12/h3-4H,1-2H3. The molecule has 0 aliphatic carbocycles. The van der Waals surface area contributed by atoms with Crippen molar-refractivity contribution < 1.29 is 22.8 Å². The zero-order valence-electron chi connectivity index (χ0n) is 8.46. The van der Waals surface area contributed by atoms with Gasteiger partial charge >= 0.3 is 6.36 Å². The van der Waals surface area contributed by atoms with Gasteiger partial charge in [-0.2, -0.15) is 0 Å². The lowest BCUT2D eigenvalue weighted by molar-refractivity contribution is -0.385. The number of rotatable bonds is 2. The third-order valence-corrected chi connectivity index (χ3v) is 1.87.